The van der Waals surface area contributed by atoms with Gasteiger partial charge in [-0.3, -0.25) is 0 Å². The Kier molecular flexibility index (Phi) is 8.10. The molecule has 0 radical (unpaired) electrons. The smallest absolute Gasteiger partial charge is 0.0651 e. The normalized spacial score (nSPS) is 31.5. The summed E-state index contributed by atoms with van der Waals surface area (Å²) < 4.78 is 6.10. The van der Waals surface area contributed by atoms with Crippen molar-refractivity contribution < 1.29 is 4.74 Å². The number of aryl methyl sites for hydroxylation is 1. The first kappa shape index (κ1) is 22.1. The summed E-state index contributed by atoms with van der Waals surface area (Å²) in [6.45, 7) is 5.19. The Bertz CT molecular complexity index is 690. The summed E-state index contributed by atoms with van der Waals surface area (Å²) in [5.41, 5.74) is 5.00. The van der Waals surface area contributed by atoms with E-state index in [4.69, 9.17) is 4.74 Å². The van der Waals surface area contributed by atoms with Gasteiger partial charge in [-0.05, 0) is 105 Å². The van der Waals surface area contributed by atoms with Crippen molar-refractivity contribution in [2.75, 3.05) is 6.61 Å². The van der Waals surface area contributed by atoms with Crippen LogP contribution in [0.2, 0.25) is 0 Å². The highest BCUT2D eigenvalue weighted by molar-refractivity contribution is 5.36. The van der Waals surface area contributed by atoms with Crippen LogP contribution in [0.5, 0.6) is 0 Å². The van der Waals surface area contributed by atoms with Crippen LogP contribution in [0.1, 0.15) is 107 Å². The van der Waals surface area contributed by atoms with E-state index in [0.29, 0.717) is 6.10 Å². The molecule has 3 aliphatic carbocycles. The lowest BCUT2D eigenvalue weighted by Gasteiger charge is -2.42. The van der Waals surface area contributed by atoms with Crippen molar-refractivity contribution >= 4 is 0 Å². The number of hydrogen-bond donors (Lipinski definition) is 0. The highest BCUT2D eigenvalue weighted by Crippen LogP contribution is 2.47. The van der Waals surface area contributed by atoms with Crippen LogP contribution >= 0.6 is 0 Å². The predicted octanol–water partition coefficient (Wildman–Crippen LogP) is 8.02. The third-order valence-electron chi connectivity index (χ3n) is 8.48. The zero-order chi connectivity index (χ0) is 20.8. The van der Waals surface area contributed by atoms with Gasteiger partial charge in [0.1, 0.15) is 0 Å². The Balaban J connectivity index is 1.30. The summed E-state index contributed by atoms with van der Waals surface area (Å²) in [6.07, 6.45) is 22.6. The van der Waals surface area contributed by atoms with Gasteiger partial charge in [-0.2, -0.15) is 0 Å². The molecule has 1 aromatic carbocycles. The summed E-state index contributed by atoms with van der Waals surface area (Å²) in [4.78, 5) is 0. The molecule has 1 aromatic rings. The Hall–Kier alpha value is -1.08. The molecule has 5 atom stereocenters. The maximum Gasteiger partial charge on any atom is 0.0651 e. The Labute approximate surface area is 185 Å². The number of hydrogen-bond acceptors (Lipinski definition) is 1. The fraction of sp³-hybridized carbons (Fsp3) is 0.724. The highest BCUT2D eigenvalue weighted by atomic mass is 16.5. The van der Waals surface area contributed by atoms with Gasteiger partial charge in [-0.25, -0.2) is 0 Å². The van der Waals surface area contributed by atoms with Crippen molar-refractivity contribution in [3.63, 3.8) is 0 Å². The fourth-order valence-electron chi connectivity index (χ4n) is 6.62. The molecule has 4 rings (SSSR count). The van der Waals surface area contributed by atoms with Crippen molar-refractivity contribution in [3.8, 4) is 0 Å². The molecule has 30 heavy (non-hydrogen) atoms. The average Bonchev–Trinajstić information content (AvgIpc) is 2.78. The van der Waals surface area contributed by atoms with Gasteiger partial charge < -0.3 is 4.74 Å². The second-order valence-electron chi connectivity index (χ2n) is 10.5. The fourth-order valence-corrected chi connectivity index (χ4v) is 6.62. The van der Waals surface area contributed by atoms with Crippen molar-refractivity contribution in [1.82, 2.24) is 0 Å². The van der Waals surface area contributed by atoms with Crippen LogP contribution in [-0.2, 0) is 17.6 Å². The van der Waals surface area contributed by atoms with E-state index in [1.54, 1.807) is 16.7 Å². The number of allylic oxidation sites excluding steroid dienone is 1. The summed E-state index contributed by atoms with van der Waals surface area (Å²) in [7, 11) is 0. The number of ether oxygens (including phenoxy) is 1. The minimum absolute atomic E-state index is 0.507. The third kappa shape index (κ3) is 5.58. The Morgan fingerprint density at radius 3 is 2.70 bits per heavy atom. The molecular weight excluding hydrogens is 364 g/mol. The molecule has 1 nitrogen and oxygen atoms in total. The van der Waals surface area contributed by atoms with Crippen LogP contribution in [0, 0.1) is 17.8 Å². The van der Waals surface area contributed by atoms with Gasteiger partial charge in [-0.1, -0.05) is 63.0 Å². The predicted molar refractivity (Wildman–Crippen MR) is 128 cm³/mol. The number of benzene rings is 1. The van der Waals surface area contributed by atoms with Gasteiger partial charge >= 0.3 is 0 Å². The second-order valence-corrected chi connectivity index (χ2v) is 10.5. The number of rotatable bonds is 8. The molecule has 2 saturated carbocycles. The van der Waals surface area contributed by atoms with Crippen molar-refractivity contribution in [1.29, 1.82) is 0 Å². The first-order valence-electron chi connectivity index (χ1n) is 13.1. The summed E-state index contributed by atoms with van der Waals surface area (Å²) in [5.74, 6) is 3.59. The van der Waals surface area contributed by atoms with Crippen molar-refractivity contribution in [2.24, 2.45) is 17.8 Å². The molecular formula is C29H44O. The Morgan fingerprint density at radius 2 is 1.83 bits per heavy atom. The average molecular weight is 409 g/mol. The highest BCUT2D eigenvalue weighted by Gasteiger charge is 2.36. The molecule has 5 unspecified atom stereocenters. The summed E-state index contributed by atoms with van der Waals surface area (Å²) in [5, 5.41) is 0. The van der Waals surface area contributed by atoms with Gasteiger partial charge in [0.25, 0.3) is 0 Å². The molecule has 0 aliphatic heterocycles. The minimum Gasteiger partial charge on any atom is -0.374 e. The van der Waals surface area contributed by atoms with Crippen LogP contribution in [0.25, 0.3) is 0 Å². The molecule has 0 aromatic heterocycles. The second kappa shape index (κ2) is 11.0. The van der Waals surface area contributed by atoms with E-state index >= 15 is 0 Å². The standard InChI is InChI=1S/C29H44O/c1-3-5-7-8-22-9-10-24-19-25(12-11-23(24)18-22)26-13-14-28-21-29(30-17-6-4-2)16-15-27(28)20-26/h4,6,11-12,19,22,26-29H,3,5,7-10,13-18,20-21H2,1-2H3/b6-4+. The summed E-state index contributed by atoms with van der Waals surface area (Å²) >= 11 is 0. The molecule has 166 valence electrons. The number of unbranched alkanes of at least 4 members (excludes halogenated alkanes) is 2. The molecule has 2 fully saturated rings. The lowest BCUT2D eigenvalue weighted by atomic mass is 9.65. The zero-order valence-electron chi connectivity index (χ0n) is 19.6. The molecule has 0 bridgehead atoms. The molecule has 0 saturated heterocycles. The maximum absolute atomic E-state index is 6.10. The zero-order valence-corrected chi connectivity index (χ0v) is 19.6. The van der Waals surface area contributed by atoms with Crippen LogP contribution in [-0.4, -0.2) is 12.7 Å². The lowest BCUT2D eigenvalue weighted by molar-refractivity contribution is -0.00320. The number of fused-ring (bicyclic) bond motifs is 2. The topological polar surface area (TPSA) is 9.23 Å². The third-order valence-corrected chi connectivity index (χ3v) is 8.48. The van der Waals surface area contributed by atoms with Crippen LogP contribution in [0.3, 0.4) is 0 Å². The van der Waals surface area contributed by atoms with Crippen LogP contribution in [0.4, 0.5) is 0 Å². The molecule has 0 amide bonds. The van der Waals surface area contributed by atoms with E-state index in [2.05, 4.69) is 44.2 Å². The first-order valence-corrected chi connectivity index (χ1v) is 13.1. The van der Waals surface area contributed by atoms with E-state index in [-0.39, 0.29) is 0 Å². The molecule has 0 spiro atoms. The molecule has 0 heterocycles. The van der Waals surface area contributed by atoms with Gasteiger partial charge in [-0.15, -0.1) is 0 Å². The minimum atomic E-state index is 0.507. The van der Waals surface area contributed by atoms with Gasteiger partial charge in [0, 0.05) is 0 Å². The SMILES string of the molecule is C/C=C/COC1CCC2CC(c3ccc4c(c3)CCC(CCCCC)C4)CCC2C1. The van der Waals surface area contributed by atoms with E-state index < -0.39 is 0 Å². The molecule has 3 aliphatic rings. The van der Waals surface area contributed by atoms with Gasteiger partial charge in [0.2, 0.25) is 0 Å². The quantitative estimate of drug-likeness (QED) is 0.312. The summed E-state index contributed by atoms with van der Waals surface area (Å²) in [6, 6.07) is 7.63. The molecule has 1 heteroatoms. The van der Waals surface area contributed by atoms with Crippen LogP contribution < -0.4 is 0 Å². The van der Waals surface area contributed by atoms with E-state index in [0.717, 1.165) is 30.3 Å². The van der Waals surface area contributed by atoms with Gasteiger partial charge in [0.15, 0.2) is 0 Å². The van der Waals surface area contributed by atoms with E-state index in [9.17, 15) is 0 Å². The van der Waals surface area contributed by atoms with Crippen LogP contribution in [0.15, 0.2) is 30.4 Å². The maximum atomic E-state index is 6.10. The monoisotopic (exact) mass is 408 g/mol. The molecule has 0 N–H and O–H groups in total. The largest absolute Gasteiger partial charge is 0.374 e. The van der Waals surface area contributed by atoms with Crippen molar-refractivity contribution in [3.05, 3.63) is 47.0 Å². The van der Waals surface area contributed by atoms with E-state index in [1.165, 1.54) is 83.5 Å². The lowest BCUT2D eigenvalue weighted by Crippen LogP contribution is -2.33. The van der Waals surface area contributed by atoms with Crippen molar-refractivity contribution in [2.45, 2.75) is 109 Å². The first-order chi connectivity index (χ1) is 14.8. The van der Waals surface area contributed by atoms with E-state index in [1.807, 2.05) is 0 Å². The van der Waals surface area contributed by atoms with Gasteiger partial charge in [0.05, 0.1) is 12.7 Å². The Morgan fingerprint density at radius 1 is 0.967 bits per heavy atom.